The van der Waals surface area contributed by atoms with Gasteiger partial charge < -0.3 is 9.80 Å². The Hall–Kier alpha value is -6.90. The van der Waals surface area contributed by atoms with Gasteiger partial charge in [-0.05, 0) is 121 Å². The maximum absolute atomic E-state index is 2.45. The maximum atomic E-state index is 2.45. The number of benzene rings is 10. The van der Waals surface area contributed by atoms with Gasteiger partial charge in [-0.25, -0.2) is 0 Å². The van der Waals surface area contributed by atoms with Crippen LogP contribution in [0.3, 0.4) is 0 Å². The molecule has 0 bridgehead atoms. The first kappa shape index (κ1) is 33.7. The quantitative estimate of drug-likeness (QED) is 0.158. The minimum Gasteiger partial charge on any atom is -0.310 e. The highest BCUT2D eigenvalue weighted by atomic mass is 15.2. The van der Waals surface area contributed by atoms with E-state index >= 15 is 0 Å². The van der Waals surface area contributed by atoms with Crippen molar-refractivity contribution in [3.05, 3.63) is 206 Å². The molecule has 0 saturated carbocycles. The zero-order valence-corrected chi connectivity index (χ0v) is 31.9. The van der Waals surface area contributed by atoms with E-state index in [2.05, 4.69) is 231 Å². The summed E-state index contributed by atoms with van der Waals surface area (Å²) in [4.78, 5) is 4.89. The molecule has 0 aliphatic carbocycles. The number of hydrogen-bond acceptors (Lipinski definition) is 2. The molecule has 2 heteroatoms. The standard InChI is InChI=1S/C54H42N2/c1-54(2,3)41-28-31-47-50-35-52(55(42-20-6-4-7-21-42)44-29-26-37-16-10-12-18-39(37)32-44)48-25-15-14-24-46(48)49(50)36-53(51(47)34-41)56(43-22-8-5-9-23-43)45-30-27-38-17-11-13-19-40(38)33-45/h4-36H,1-3H3. The Bertz CT molecular complexity index is 3070. The van der Waals surface area contributed by atoms with Gasteiger partial charge in [0.25, 0.3) is 0 Å². The molecule has 0 atom stereocenters. The fourth-order valence-corrected chi connectivity index (χ4v) is 8.44. The second-order valence-corrected chi connectivity index (χ2v) is 15.8. The molecule has 0 unspecified atom stereocenters. The molecule has 2 nitrogen and oxygen atoms in total. The summed E-state index contributed by atoms with van der Waals surface area (Å²) in [6.45, 7) is 6.92. The Kier molecular flexibility index (Phi) is 8.08. The largest absolute Gasteiger partial charge is 0.310 e. The van der Waals surface area contributed by atoms with E-state index in [0.29, 0.717) is 0 Å². The molecule has 268 valence electrons. The van der Waals surface area contributed by atoms with Gasteiger partial charge in [0, 0.05) is 33.5 Å². The summed E-state index contributed by atoms with van der Waals surface area (Å²) < 4.78 is 0. The average Bonchev–Trinajstić information content (AvgIpc) is 3.24. The van der Waals surface area contributed by atoms with Crippen LogP contribution in [0.1, 0.15) is 26.3 Å². The fraction of sp³-hybridized carbons (Fsp3) is 0.0741. The van der Waals surface area contributed by atoms with Crippen LogP contribution < -0.4 is 9.80 Å². The van der Waals surface area contributed by atoms with Crippen LogP contribution >= 0.6 is 0 Å². The summed E-state index contributed by atoms with van der Waals surface area (Å²) >= 11 is 0. The van der Waals surface area contributed by atoms with Crippen molar-refractivity contribution in [3.8, 4) is 0 Å². The zero-order valence-electron chi connectivity index (χ0n) is 31.9. The van der Waals surface area contributed by atoms with E-state index in [1.165, 1.54) is 59.4 Å². The Balaban J connectivity index is 1.31. The van der Waals surface area contributed by atoms with Gasteiger partial charge in [0.2, 0.25) is 0 Å². The maximum Gasteiger partial charge on any atom is 0.0546 e. The van der Waals surface area contributed by atoms with Crippen molar-refractivity contribution in [1.29, 1.82) is 0 Å². The summed E-state index contributed by atoms with van der Waals surface area (Å²) in [7, 11) is 0. The lowest BCUT2D eigenvalue weighted by atomic mass is 9.84. The van der Waals surface area contributed by atoms with Gasteiger partial charge in [0.05, 0.1) is 11.4 Å². The number of para-hydroxylation sites is 2. The number of nitrogens with zero attached hydrogens (tertiary/aromatic N) is 2. The van der Waals surface area contributed by atoms with Crippen LogP contribution in [-0.2, 0) is 5.41 Å². The van der Waals surface area contributed by atoms with Crippen molar-refractivity contribution in [3.63, 3.8) is 0 Å². The predicted molar refractivity (Wildman–Crippen MR) is 242 cm³/mol. The number of anilines is 6. The molecule has 0 aliphatic rings. The molecule has 10 aromatic carbocycles. The first-order chi connectivity index (χ1) is 27.4. The van der Waals surface area contributed by atoms with Gasteiger partial charge in [-0.2, -0.15) is 0 Å². The first-order valence-corrected chi connectivity index (χ1v) is 19.5. The normalized spacial score (nSPS) is 11.8. The monoisotopic (exact) mass is 718 g/mol. The van der Waals surface area contributed by atoms with Crippen LogP contribution in [0, 0.1) is 0 Å². The van der Waals surface area contributed by atoms with E-state index in [9.17, 15) is 0 Å². The van der Waals surface area contributed by atoms with Gasteiger partial charge in [-0.15, -0.1) is 0 Å². The lowest BCUT2D eigenvalue weighted by Crippen LogP contribution is -2.13. The van der Waals surface area contributed by atoms with E-state index in [4.69, 9.17) is 0 Å². The molecule has 56 heavy (non-hydrogen) atoms. The smallest absolute Gasteiger partial charge is 0.0546 e. The summed E-state index contributed by atoms with van der Waals surface area (Å²) in [5.41, 5.74) is 8.08. The highest BCUT2D eigenvalue weighted by Crippen LogP contribution is 2.48. The average molecular weight is 719 g/mol. The molecule has 0 aromatic heterocycles. The number of rotatable bonds is 6. The molecule has 0 aliphatic heterocycles. The van der Waals surface area contributed by atoms with E-state index in [1.807, 2.05) is 0 Å². The second-order valence-electron chi connectivity index (χ2n) is 15.8. The number of fused-ring (bicyclic) bond motifs is 7. The van der Waals surface area contributed by atoms with Gasteiger partial charge in [0.1, 0.15) is 0 Å². The molecule has 0 heterocycles. The van der Waals surface area contributed by atoms with Crippen molar-refractivity contribution in [1.82, 2.24) is 0 Å². The summed E-state index contributed by atoms with van der Waals surface area (Å²) in [5.74, 6) is 0. The van der Waals surface area contributed by atoms with Crippen LogP contribution in [0.2, 0.25) is 0 Å². The Morgan fingerprint density at radius 3 is 1.23 bits per heavy atom. The summed E-state index contributed by atoms with van der Waals surface area (Å²) in [6.07, 6.45) is 0. The van der Waals surface area contributed by atoms with Crippen molar-refractivity contribution in [2.24, 2.45) is 0 Å². The summed E-state index contributed by atoms with van der Waals surface area (Å²) in [6, 6.07) is 73.5. The molecule has 10 aromatic rings. The molecule has 10 rings (SSSR count). The third kappa shape index (κ3) is 5.82. The van der Waals surface area contributed by atoms with Crippen molar-refractivity contribution >= 4 is 88.0 Å². The Morgan fingerprint density at radius 2 is 0.714 bits per heavy atom. The van der Waals surface area contributed by atoms with Crippen LogP contribution in [0.15, 0.2) is 200 Å². The number of hydrogen-bond donors (Lipinski definition) is 0. The molecule has 0 fully saturated rings. The van der Waals surface area contributed by atoms with Crippen LogP contribution in [0.25, 0.3) is 53.9 Å². The molecule has 0 N–H and O–H groups in total. The van der Waals surface area contributed by atoms with Crippen molar-refractivity contribution in [2.45, 2.75) is 26.2 Å². The van der Waals surface area contributed by atoms with E-state index in [-0.39, 0.29) is 5.41 Å². The fourth-order valence-electron chi connectivity index (χ4n) is 8.44. The Morgan fingerprint density at radius 1 is 0.286 bits per heavy atom. The highest BCUT2D eigenvalue weighted by molar-refractivity contribution is 6.24. The van der Waals surface area contributed by atoms with Gasteiger partial charge in [-0.3, -0.25) is 0 Å². The SMILES string of the molecule is CC(C)(C)c1ccc2c(c1)c(N(c1ccccc1)c1ccc3ccccc3c1)cc1c3ccccc3c(N(c3ccccc3)c3ccc4ccccc4c3)cc21. The Labute approximate surface area is 328 Å². The van der Waals surface area contributed by atoms with E-state index in [1.54, 1.807) is 0 Å². The van der Waals surface area contributed by atoms with Crippen molar-refractivity contribution < 1.29 is 0 Å². The van der Waals surface area contributed by atoms with Crippen LogP contribution in [-0.4, -0.2) is 0 Å². The lowest BCUT2D eigenvalue weighted by Gasteiger charge is -2.30. The minimum atomic E-state index is -0.0321. The third-order valence-corrected chi connectivity index (χ3v) is 11.3. The summed E-state index contributed by atoms with van der Waals surface area (Å²) in [5, 5.41) is 12.2. The van der Waals surface area contributed by atoms with Crippen LogP contribution in [0.4, 0.5) is 34.1 Å². The van der Waals surface area contributed by atoms with Crippen molar-refractivity contribution in [2.75, 3.05) is 9.80 Å². The van der Waals surface area contributed by atoms with Gasteiger partial charge >= 0.3 is 0 Å². The lowest BCUT2D eigenvalue weighted by molar-refractivity contribution is 0.591. The van der Waals surface area contributed by atoms with E-state index < -0.39 is 0 Å². The molecule has 0 saturated heterocycles. The molecule has 0 amide bonds. The highest BCUT2D eigenvalue weighted by Gasteiger charge is 2.24. The van der Waals surface area contributed by atoms with Gasteiger partial charge in [0.15, 0.2) is 0 Å². The molecule has 0 radical (unpaired) electrons. The first-order valence-electron chi connectivity index (χ1n) is 19.5. The van der Waals surface area contributed by atoms with E-state index in [0.717, 1.165) is 34.1 Å². The molecule has 0 spiro atoms. The minimum absolute atomic E-state index is 0.0321. The molecular formula is C54H42N2. The topological polar surface area (TPSA) is 6.48 Å². The van der Waals surface area contributed by atoms with Crippen LogP contribution in [0.5, 0.6) is 0 Å². The predicted octanol–water partition coefficient (Wildman–Crippen LogP) is 15.7. The van der Waals surface area contributed by atoms with Gasteiger partial charge in [-0.1, -0.05) is 154 Å². The molecular weight excluding hydrogens is 677 g/mol. The zero-order chi connectivity index (χ0) is 37.8. The second kappa shape index (κ2) is 13.4. The third-order valence-electron chi connectivity index (χ3n) is 11.3.